The highest BCUT2D eigenvalue weighted by Gasteiger charge is 2.40. The minimum absolute atomic E-state index is 0. The number of nitrogens with one attached hydrogen (secondary N) is 1. The first-order chi connectivity index (χ1) is 9.21. The number of nitrogens with two attached hydrogens (primary N) is 1. The molecule has 3 nitrogen and oxygen atoms in total. The highest BCUT2D eigenvalue weighted by Crippen LogP contribution is 2.48. The lowest BCUT2D eigenvalue weighted by Crippen LogP contribution is -2.24. The maximum Gasteiger partial charge on any atom is 0.193 e. The monoisotopic (exact) mass is 385 g/mol. The summed E-state index contributed by atoms with van der Waals surface area (Å²) in [5.74, 6) is 0.553. The molecule has 0 aromatic heterocycles. The Bertz CT molecular complexity index is 506. The number of fused-ring (bicyclic) bond motifs is 1. The van der Waals surface area contributed by atoms with E-state index in [0.717, 1.165) is 12.2 Å². The van der Waals surface area contributed by atoms with E-state index >= 15 is 0 Å². The van der Waals surface area contributed by atoms with Crippen LogP contribution in [-0.4, -0.2) is 12.5 Å². The lowest BCUT2D eigenvalue weighted by atomic mass is 10.1. The molecule has 0 amide bonds. The summed E-state index contributed by atoms with van der Waals surface area (Å²) in [5, 5.41) is 3.22. The number of benzene rings is 1. The second-order valence-electron chi connectivity index (χ2n) is 6.02. The minimum atomic E-state index is 0. The quantitative estimate of drug-likeness (QED) is 0.472. The molecule has 2 aliphatic carbocycles. The van der Waals surface area contributed by atoms with Crippen LogP contribution in [0.25, 0.3) is 0 Å². The van der Waals surface area contributed by atoms with Crippen LogP contribution >= 0.6 is 24.0 Å². The van der Waals surface area contributed by atoms with Crippen LogP contribution in [0.2, 0.25) is 0 Å². The molecule has 0 saturated heterocycles. The zero-order valence-electron chi connectivity index (χ0n) is 12.1. The third-order valence-corrected chi connectivity index (χ3v) is 4.66. The van der Waals surface area contributed by atoms with Crippen molar-refractivity contribution < 1.29 is 0 Å². The molecule has 0 radical (unpaired) electrons. The highest BCUT2D eigenvalue weighted by molar-refractivity contribution is 14.0. The summed E-state index contributed by atoms with van der Waals surface area (Å²) in [6, 6.07) is 6.54. The van der Waals surface area contributed by atoms with Gasteiger partial charge in [0.15, 0.2) is 5.96 Å². The van der Waals surface area contributed by atoms with Gasteiger partial charge >= 0.3 is 0 Å². The fraction of sp³-hybridized carbons (Fsp3) is 0.562. The van der Waals surface area contributed by atoms with Crippen molar-refractivity contribution in [2.75, 3.05) is 11.9 Å². The Labute approximate surface area is 138 Å². The number of nitrogens with zero attached hydrogens (tertiary/aromatic N) is 1. The van der Waals surface area contributed by atoms with Crippen LogP contribution in [0.4, 0.5) is 5.69 Å². The highest BCUT2D eigenvalue weighted by atomic mass is 127. The Balaban J connectivity index is 0.00000147. The summed E-state index contributed by atoms with van der Waals surface area (Å²) in [5.41, 5.74) is 10.5. The van der Waals surface area contributed by atoms with Crippen molar-refractivity contribution in [3.63, 3.8) is 0 Å². The molecule has 4 heteroatoms. The van der Waals surface area contributed by atoms with Gasteiger partial charge in [-0.2, -0.15) is 0 Å². The predicted octanol–water partition coefficient (Wildman–Crippen LogP) is 3.71. The number of hydrogen-bond donors (Lipinski definition) is 2. The van der Waals surface area contributed by atoms with E-state index in [1.165, 1.54) is 49.7 Å². The van der Waals surface area contributed by atoms with E-state index in [9.17, 15) is 0 Å². The summed E-state index contributed by atoms with van der Waals surface area (Å²) >= 11 is 0. The molecule has 1 aromatic rings. The van der Waals surface area contributed by atoms with Gasteiger partial charge in [0.25, 0.3) is 0 Å². The second kappa shape index (κ2) is 6.33. The molecule has 3 N–H and O–H groups in total. The van der Waals surface area contributed by atoms with E-state index in [1.807, 2.05) is 0 Å². The van der Waals surface area contributed by atoms with Gasteiger partial charge in [0.05, 0.1) is 0 Å². The number of aliphatic imine (C=N–C) groups is 1. The molecule has 0 heterocycles. The van der Waals surface area contributed by atoms with Crippen molar-refractivity contribution in [3.05, 3.63) is 29.3 Å². The molecule has 0 bridgehead atoms. The number of aryl methyl sites for hydroxylation is 2. The van der Waals surface area contributed by atoms with Gasteiger partial charge < -0.3 is 11.1 Å². The lowest BCUT2D eigenvalue weighted by Gasteiger charge is -2.11. The summed E-state index contributed by atoms with van der Waals surface area (Å²) < 4.78 is 0. The molecule has 1 aromatic carbocycles. The number of guanidine groups is 1. The number of halogens is 1. The molecule has 110 valence electrons. The molecule has 1 saturated carbocycles. The molecule has 3 rings (SSSR count). The van der Waals surface area contributed by atoms with Gasteiger partial charge in [-0.05, 0) is 67.2 Å². The molecule has 0 unspecified atom stereocenters. The van der Waals surface area contributed by atoms with Crippen molar-refractivity contribution >= 4 is 35.6 Å². The fourth-order valence-corrected chi connectivity index (χ4v) is 2.89. The van der Waals surface area contributed by atoms with Crippen LogP contribution in [0.5, 0.6) is 0 Å². The van der Waals surface area contributed by atoms with Crippen LogP contribution in [0.1, 0.15) is 43.7 Å². The third kappa shape index (κ3) is 3.45. The average Bonchev–Trinajstić information content (AvgIpc) is 3.06. The zero-order chi connectivity index (χ0) is 13.3. The van der Waals surface area contributed by atoms with Crippen LogP contribution in [-0.2, 0) is 12.8 Å². The first kappa shape index (κ1) is 15.6. The molecule has 0 atom stereocenters. The number of hydrogen-bond acceptors (Lipinski definition) is 1. The maximum atomic E-state index is 5.98. The fourth-order valence-electron chi connectivity index (χ4n) is 2.89. The van der Waals surface area contributed by atoms with Crippen molar-refractivity contribution in [2.24, 2.45) is 16.1 Å². The van der Waals surface area contributed by atoms with Crippen LogP contribution in [0.15, 0.2) is 23.2 Å². The van der Waals surface area contributed by atoms with E-state index < -0.39 is 0 Å². The molecular formula is C16H24IN3. The van der Waals surface area contributed by atoms with Crippen LogP contribution in [0, 0.1) is 5.41 Å². The Hall–Kier alpha value is -0.780. The molecule has 0 spiro atoms. The van der Waals surface area contributed by atoms with E-state index in [4.69, 9.17) is 5.73 Å². The van der Waals surface area contributed by atoms with E-state index in [-0.39, 0.29) is 24.0 Å². The Morgan fingerprint density at radius 2 is 2.05 bits per heavy atom. The number of rotatable bonds is 4. The second-order valence-corrected chi connectivity index (χ2v) is 6.02. The first-order valence-electron chi connectivity index (χ1n) is 7.39. The largest absolute Gasteiger partial charge is 0.370 e. The lowest BCUT2D eigenvalue weighted by molar-refractivity contribution is 0.506. The predicted molar refractivity (Wildman–Crippen MR) is 96.0 cm³/mol. The zero-order valence-corrected chi connectivity index (χ0v) is 14.4. The van der Waals surface area contributed by atoms with Gasteiger partial charge in [-0.1, -0.05) is 13.0 Å². The van der Waals surface area contributed by atoms with E-state index in [0.29, 0.717) is 11.4 Å². The van der Waals surface area contributed by atoms with Gasteiger partial charge in [-0.3, -0.25) is 4.99 Å². The van der Waals surface area contributed by atoms with Crippen molar-refractivity contribution in [1.29, 1.82) is 0 Å². The third-order valence-electron chi connectivity index (χ3n) is 4.66. The van der Waals surface area contributed by atoms with Gasteiger partial charge in [-0.15, -0.1) is 24.0 Å². The Morgan fingerprint density at radius 1 is 1.30 bits per heavy atom. The molecule has 2 aliphatic rings. The molecule has 20 heavy (non-hydrogen) atoms. The summed E-state index contributed by atoms with van der Waals surface area (Å²) in [4.78, 5) is 4.50. The maximum absolute atomic E-state index is 5.98. The average molecular weight is 385 g/mol. The molecule has 0 aliphatic heterocycles. The Kier molecular flexibility index (Phi) is 4.94. The van der Waals surface area contributed by atoms with Crippen LogP contribution < -0.4 is 11.1 Å². The van der Waals surface area contributed by atoms with E-state index in [2.05, 4.69) is 35.4 Å². The summed E-state index contributed by atoms with van der Waals surface area (Å²) in [6.07, 6.45) is 7.52. The number of anilines is 1. The molecular weight excluding hydrogens is 361 g/mol. The van der Waals surface area contributed by atoms with Gasteiger partial charge in [0.1, 0.15) is 0 Å². The standard InChI is InChI=1S/C16H23N3.HI/c1-2-16(8-9-16)11-18-15(17)19-14-7-6-12-4-3-5-13(12)10-14;/h6-7,10H,2-5,8-9,11H2,1H3,(H3,17,18,19);1H. The molecule has 1 fully saturated rings. The Morgan fingerprint density at radius 3 is 2.75 bits per heavy atom. The van der Waals surface area contributed by atoms with Gasteiger partial charge in [0, 0.05) is 12.2 Å². The minimum Gasteiger partial charge on any atom is -0.370 e. The normalized spacial score (nSPS) is 19.1. The van der Waals surface area contributed by atoms with E-state index in [1.54, 1.807) is 0 Å². The topological polar surface area (TPSA) is 50.4 Å². The van der Waals surface area contributed by atoms with Crippen molar-refractivity contribution in [2.45, 2.75) is 45.4 Å². The van der Waals surface area contributed by atoms with Crippen LogP contribution in [0.3, 0.4) is 0 Å². The van der Waals surface area contributed by atoms with Gasteiger partial charge in [-0.25, -0.2) is 0 Å². The smallest absolute Gasteiger partial charge is 0.193 e. The van der Waals surface area contributed by atoms with Crippen molar-refractivity contribution in [1.82, 2.24) is 0 Å². The SMILES string of the molecule is CCC1(CN=C(N)Nc2ccc3c(c2)CCC3)CC1.I. The first-order valence-corrected chi connectivity index (χ1v) is 7.39. The summed E-state index contributed by atoms with van der Waals surface area (Å²) in [6.45, 7) is 3.11. The van der Waals surface area contributed by atoms with Crippen molar-refractivity contribution in [3.8, 4) is 0 Å². The van der Waals surface area contributed by atoms with Gasteiger partial charge in [0.2, 0.25) is 0 Å². The summed E-state index contributed by atoms with van der Waals surface area (Å²) in [7, 11) is 0.